The van der Waals surface area contributed by atoms with Gasteiger partial charge in [-0.2, -0.15) is 0 Å². The maximum atomic E-state index is 13.8. The molecule has 0 saturated heterocycles. The van der Waals surface area contributed by atoms with Gasteiger partial charge in [-0.05, 0) is 30.7 Å². The summed E-state index contributed by atoms with van der Waals surface area (Å²) >= 11 is 0. The fraction of sp³-hybridized carbons (Fsp3) is 0.167. The first kappa shape index (κ1) is 18.4. The molecule has 0 atom stereocenters. The molecule has 0 unspecified atom stereocenters. The van der Waals surface area contributed by atoms with Crippen molar-refractivity contribution in [2.75, 3.05) is 11.9 Å². The van der Waals surface area contributed by atoms with Gasteiger partial charge in [-0.25, -0.2) is 18.2 Å². The van der Waals surface area contributed by atoms with E-state index in [0.717, 1.165) is 12.5 Å². The Kier molecular flexibility index (Phi) is 5.11. The van der Waals surface area contributed by atoms with Crippen LogP contribution in [0.3, 0.4) is 0 Å². The molecule has 27 heavy (non-hydrogen) atoms. The van der Waals surface area contributed by atoms with Crippen LogP contribution in [-0.2, 0) is 0 Å². The fourth-order valence-corrected chi connectivity index (χ4v) is 2.49. The normalized spacial score (nSPS) is 10.8. The molecule has 3 aromatic rings. The Balaban J connectivity index is 1.98. The standard InChI is InChI=1S/C18H15F3N4O2/c1-2-8-22-17(26)15-12-5-3-4-9-25(12)16(24-15)18(27)23-11-7-6-10(19)13(20)14(11)21/h3-7,9H,2,8H2,1H3,(H,22,26)(H,23,27). The first-order chi connectivity index (χ1) is 12.9. The minimum Gasteiger partial charge on any atom is -0.351 e. The van der Waals surface area contributed by atoms with E-state index >= 15 is 0 Å². The second kappa shape index (κ2) is 7.48. The summed E-state index contributed by atoms with van der Waals surface area (Å²) in [7, 11) is 0. The van der Waals surface area contributed by atoms with Crippen molar-refractivity contribution in [1.82, 2.24) is 14.7 Å². The van der Waals surface area contributed by atoms with Crippen molar-refractivity contribution in [1.29, 1.82) is 0 Å². The van der Waals surface area contributed by atoms with Gasteiger partial charge in [-0.1, -0.05) is 13.0 Å². The highest BCUT2D eigenvalue weighted by Crippen LogP contribution is 2.21. The van der Waals surface area contributed by atoms with E-state index in [1.807, 2.05) is 6.92 Å². The van der Waals surface area contributed by atoms with Crippen molar-refractivity contribution in [3.63, 3.8) is 0 Å². The number of benzene rings is 1. The molecular formula is C18H15F3N4O2. The van der Waals surface area contributed by atoms with Crippen LogP contribution in [0.15, 0.2) is 36.5 Å². The molecule has 1 aromatic carbocycles. The highest BCUT2D eigenvalue weighted by atomic mass is 19.2. The number of anilines is 1. The molecule has 0 radical (unpaired) electrons. The average Bonchev–Trinajstić information content (AvgIpc) is 3.06. The van der Waals surface area contributed by atoms with E-state index in [9.17, 15) is 22.8 Å². The molecule has 0 aliphatic rings. The zero-order valence-corrected chi connectivity index (χ0v) is 14.2. The highest BCUT2D eigenvalue weighted by Gasteiger charge is 2.23. The van der Waals surface area contributed by atoms with E-state index in [1.54, 1.807) is 18.2 Å². The fourth-order valence-electron chi connectivity index (χ4n) is 2.49. The van der Waals surface area contributed by atoms with Gasteiger partial charge in [0.1, 0.15) is 0 Å². The second-order valence-electron chi connectivity index (χ2n) is 5.67. The molecule has 2 amide bonds. The van der Waals surface area contributed by atoms with E-state index in [4.69, 9.17) is 0 Å². The smallest absolute Gasteiger partial charge is 0.292 e. The van der Waals surface area contributed by atoms with Gasteiger partial charge < -0.3 is 10.6 Å². The Morgan fingerprint density at radius 2 is 1.85 bits per heavy atom. The quantitative estimate of drug-likeness (QED) is 0.672. The van der Waals surface area contributed by atoms with Gasteiger partial charge in [0, 0.05) is 12.7 Å². The monoisotopic (exact) mass is 376 g/mol. The SMILES string of the molecule is CCCNC(=O)c1nc(C(=O)Nc2ccc(F)c(F)c2F)n2ccccc12. The summed E-state index contributed by atoms with van der Waals surface area (Å²) in [5, 5.41) is 4.81. The minimum atomic E-state index is -1.69. The molecule has 9 heteroatoms. The van der Waals surface area contributed by atoms with E-state index in [-0.39, 0.29) is 11.5 Å². The predicted molar refractivity (Wildman–Crippen MR) is 92.1 cm³/mol. The number of nitrogens with zero attached hydrogens (tertiary/aromatic N) is 2. The van der Waals surface area contributed by atoms with Gasteiger partial charge in [-0.3, -0.25) is 14.0 Å². The Hall–Kier alpha value is -3.36. The van der Waals surface area contributed by atoms with Crippen LogP contribution in [0.5, 0.6) is 0 Å². The number of carbonyl (C=O) groups is 2. The Labute approximate surface area is 152 Å². The largest absolute Gasteiger partial charge is 0.351 e. The number of fused-ring (bicyclic) bond motifs is 1. The molecule has 2 N–H and O–H groups in total. The summed E-state index contributed by atoms with van der Waals surface area (Å²) in [6.45, 7) is 2.33. The zero-order valence-electron chi connectivity index (χ0n) is 14.2. The highest BCUT2D eigenvalue weighted by molar-refractivity contribution is 6.06. The molecule has 0 saturated carbocycles. The Bertz CT molecular complexity index is 1030. The summed E-state index contributed by atoms with van der Waals surface area (Å²) in [6, 6.07) is 6.49. The molecule has 2 heterocycles. The minimum absolute atomic E-state index is 0.0277. The molecule has 6 nitrogen and oxygen atoms in total. The van der Waals surface area contributed by atoms with Crippen LogP contribution in [0.1, 0.15) is 34.5 Å². The maximum absolute atomic E-state index is 13.8. The average molecular weight is 376 g/mol. The van der Waals surface area contributed by atoms with Crippen molar-refractivity contribution in [3.8, 4) is 0 Å². The zero-order chi connectivity index (χ0) is 19.6. The van der Waals surface area contributed by atoms with E-state index in [0.29, 0.717) is 18.1 Å². The summed E-state index contributed by atoms with van der Waals surface area (Å²) in [4.78, 5) is 28.9. The van der Waals surface area contributed by atoms with Gasteiger partial charge in [-0.15, -0.1) is 0 Å². The van der Waals surface area contributed by atoms with Crippen LogP contribution in [0.2, 0.25) is 0 Å². The third kappa shape index (κ3) is 3.48. The Morgan fingerprint density at radius 1 is 1.07 bits per heavy atom. The van der Waals surface area contributed by atoms with Gasteiger partial charge >= 0.3 is 0 Å². The van der Waals surface area contributed by atoms with E-state index in [1.165, 1.54) is 10.6 Å². The van der Waals surface area contributed by atoms with Crippen molar-refractivity contribution in [3.05, 3.63) is 65.5 Å². The number of carbonyl (C=O) groups excluding carboxylic acids is 2. The second-order valence-corrected chi connectivity index (χ2v) is 5.67. The van der Waals surface area contributed by atoms with Gasteiger partial charge in [0.2, 0.25) is 5.82 Å². The lowest BCUT2D eigenvalue weighted by Crippen LogP contribution is -2.24. The summed E-state index contributed by atoms with van der Waals surface area (Å²) in [6.07, 6.45) is 2.23. The molecule has 2 aromatic heterocycles. The van der Waals surface area contributed by atoms with E-state index in [2.05, 4.69) is 15.6 Å². The summed E-state index contributed by atoms with van der Waals surface area (Å²) in [5.74, 6) is -6.12. The van der Waals surface area contributed by atoms with Crippen LogP contribution >= 0.6 is 0 Å². The van der Waals surface area contributed by atoms with Crippen LogP contribution in [0.4, 0.5) is 18.9 Å². The number of halogens is 3. The third-order valence-corrected chi connectivity index (χ3v) is 3.79. The molecular weight excluding hydrogens is 361 g/mol. The van der Waals surface area contributed by atoms with Gasteiger partial charge in [0.25, 0.3) is 11.8 Å². The molecule has 0 bridgehead atoms. The number of hydrogen-bond donors (Lipinski definition) is 2. The molecule has 3 rings (SSSR count). The third-order valence-electron chi connectivity index (χ3n) is 3.79. The number of rotatable bonds is 5. The molecule has 140 valence electrons. The number of aromatic nitrogens is 2. The first-order valence-corrected chi connectivity index (χ1v) is 8.14. The van der Waals surface area contributed by atoms with Crippen LogP contribution in [0.25, 0.3) is 5.52 Å². The lowest BCUT2D eigenvalue weighted by molar-refractivity contribution is 0.0951. The Morgan fingerprint density at radius 3 is 2.59 bits per heavy atom. The predicted octanol–water partition coefficient (Wildman–Crippen LogP) is 3.14. The van der Waals surface area contributed by atoms with Gasteiger partial charge in [0.05, 0.1) is 11.2 Å². The number of pyridine rings is 1. The lowest BCUT2D eigenvalue weighted by Gasteiger charge is -2.06. The number of amides is 2. The molecule has 0 aliphatic carbocycles. The number of nitrogens with one attached hydrogen (secondary N) is 2. The van der Waals surface area contributed by atoms with Crippen molar-refractivity contribution in [2.45, 2.75) is 13.3 Å². The van der Waals surface area contributed by atoms with Crippen LogP contribution in [0, 0.1) is 17.5 Å². The van der Waals surface area contributed by atoms with E-state index < -0.39 is 35.0 Å². The number of hydrogen-bond acceptors (Lipinski definition) is 3. The van der Waals surface area contributed by atoms with Crippen molar-refractivity contribution < 1.29 is 22.8 Å². The van der Waals surface area contributed by atoms with Crippen LogP contribution in [-0.4, -0.2) is 27.7 Å². The topological polar surface area (TPSA) is 75.5 Å². The van der Waals surface area contributed by atoms with Crippen molar-refractivity contribution >= 4 is 23.0 Å². The molecule has 0 fully saturated rings. The first-order valence-electron chi connectivity index (χ1n) is 8.14. The number of imidazole rings is 1. The lowest BCUT2D eigenvalue weighted by atomic mass is 10.2. The molecule has 0 aliphatic heterocycles. The molecule has 0 spiro atoms. The summed E-state index contributed by atoms with van der Waals surface area (Å²) in [5.41, 5.74) is -0.134. The maximum Gasteiger partial charge on any atom is 0.292 e. The van der Waals surface area contributed by atoms with Crippen molar-refractivity contribution in [2.24, 2.45) is 0 Å². The van der Waals surface area contributed by atoms with Crippen LogP contribution < -0.4 is 10.6 Å². The van der Waals surface area contributed by atoms with Gasteiger partial charge in [0.15, 0.2) is 23.1 Å². The summed E-state index contributed by atoms with van der Waals surface area (Å²) < 4.78 is 41.5.